The number of sulfonamides is 1. The second kappa shape index (κ2) is 11.6. The number of aromatic nitrogens is 1. The maximum absolute atomic E-state index is 13.5. The predicted molar refractivity (Wildman–Crippen MR) is 151 cm³/mol. The number of thiazole rings is 1. The Bertz CT molecular complexity index is 1460. The summed E-state index contributed by atoms with van der Waals surface area (Å²) in [6, 6.07) is 18.2. The smallest absolute Gasteiger partial charge is 0.261 e. The Morgan fingerprint density at radius 3 is 2.33 bits per heavy atom. The van der Waals surface area contributed by atoms with Gasteiger partial charge in [0, 0.05) is 29.4 Å². The number of nitrogens with zero attached hydrogens (tertiary/aromatic N) is 3. The number of carbonyl (C=O) groups excluding carboxylic acids is 1. The predicted octanol–water partition coefficient (Wildman–Crippen LogP) is 5.69. The van der Waals surface area contributed by atoms with Crippen LogP contribution in [0.15, 0.2) is 71.6 Å². The molecule has 0 saturated carbocycles. The van der Waals surface area contributed by atoms with Crippen molar-refractivity contribution in [3.63, 3.8) is 0 Å². The second-order valence-electron chi connectivity index (χ2n) is 8.32. The van der Waals surface area contributed by atoms with Crippen LogP contribution in [-0.4, -0.2) is 51.4 Å². The first-order valence-corrected chi connectivity index (χ1v) is 13.5. The van der Waals surface area contributed by atoms with Crippen LogP contribution in [0.25, 0.3) is 10.2 Å². The van der Waals surface area contributed by atoms with Gasteiger partial charge in [-0.05, 0) is 75.1 Å². The first kappa shape index (κ1) is 27.9. The van der Waals surface area contributed by atoms with Gasteiger partial charge in [0.15, 0.2) is 5.13 Å². The third-order valence-corrected chi connectivity index (χ3v) is 7.96. The van der Waals surface area contributed by atoms with Gasteiger partial charge in [-0.2, -0.15) is 0 Å². The number of likely N-dealkylation sites (N-methyl/N-ethyl adjacent to an activating group) is 1. The van der Waals surface area contributed by atoms with Crippen molar-refractivity contribution >= 4 is 72.3 Å². The van der Waals surface area contributed by atoms with Crippen molar-refractivity contribution in [1.29, 1.82) is 0 Å². The number of anilines is 2. The number of carbonyl (C=O) groups is 1. The zero-order valence-electron chi connectivity index (χ0n) is 19.9. The Morgan fingerprint density at radius 1 is 1.03 bits per heavy atom. The molecule has 190 valence electrons. The topological polar surface area (TPSA) is 82.6 Å². The monoisotopic (exact) mass is 564 g/mol. The van der Waals surface area contributed by atoms with Crippen molar-refractivity contribution in [2.45, 2.75) is 11.8 Å². The zero-order valence-corrected chi connectivity index (χ0v) is 23.1. The van der Waals surface area contributed by atoms with E-state index in [2.05, 4.69) is 4.72 Å². The van der Waals surface area contributed by atoms with Crippen LogP contribution in [-0.2, 0) is 10.0 Å². The number of hydrogen-bond acceptors (Lipinski definition) is 6. The zero-order chi connectivity index (χ0) is 25.2. The van der Waals surface area contributed by atoms with Crippen LogP contribution in [0.4, 0.5) is 10.8 Å². The number of halogens is 2. The molecule has 0 spiro atoms. The molecule has 4 rings (SSSR count). The highest BCUT2D eigenvalue weighted by Gasteiger charge is 2.22. The Labute approximate surface area is 226 Å². The molecule has 0 saturated heterocycles. The Hall–Kier alpha value is -2.69. The lowest BCUT2D eigenvalue weighted by Gasteiger charge is -2.22. The summed E-state index contributed by atoms with van der Waals surface area (Å²) < 4.78 is 28.6. The van der Waals surface area contributed by atoms with E-state index in [1.54, 1.807) is 47.4 Å². The minimum absolute atomic E-state index is 0. The molecule has 11 heteroatoms. The quantitative estimate of drug-likeness (QED) is 0.297. The summed E-state index contributed by atoms with van der Waals surface area (Å²) in [6.07, 6.45) is 0. The largest absolute Gasteiger partial charge is 0.308 e. The van der Waals surface area contributed by atoms with Gasteiger partial charge in [-0.3, -0.25) is 14.4 Å². The summed E-state index contributed by atoms with van der Waals surface area (Å²) >= 11 is 7.63. The van der Waals surface area contributed by atoms with Crippen LogP contribution in [0.3, 0.4) is 0 Å². The summed E-state index contributed by atoms with van der Waals surface area (Å²) in [5.41, 5.74) is 2.57. The molecule has 0 fully saturated rings. The molecular weight excluding hydrogens is 539 g/mol. The van der Waals surface area contributed by atoms with Crippen molar-refractivity contribution in [1.82, 2.24) is 9.88 Å². The molecule has 7 nitrogen and oxygen atoms in total. The molecule has 1 N–H and O–H groups in total. The summed E-state index contributed by atoms with van der Waals surface area (Å²) in [5.74, 6) is -0.216. The number of amides is 1. The van der Waals surface area contributed by atoms with Gasteiger partial charge in [0.1, 0.15) is 0 Å². The van der Waals surface area contributed by atoms with Crippen LogP contribution >= 0.6 is 35.3 Å². The molecule has 0 bridgehead atoms. The summed E-state index contributed by atoms with van der Waals surface area (Å²) in [6.45, 7) is 3.04. The summed E-state index contributed by atoms with van der Waals surface area (Å²) in [4.78, 5) is 22.1. The molecule has 0 aliphatic heterocycles. The molecule has 1 aromatic heterocycles. The van der Waals surface area contributed by atoms with E-state index >= 15 is 0 Å². The number of nitrogens with one attached hydrogen (secondary N) is 1. The normalized spacial score (nSPS) is 11.4. The average molecular weight is 566 g/mol. The van der Waals surface area contributed by atoms with Crippen LogP contribution in [0, 0.1) is 6.92 Å². The molecule has 3 aromatic carbocycles. The fourth-order valence-corrected chi connectivity index (χ4v) is 6.02. The van der Waals surface area contributed by atoms with E-state index in [4.69, 9.17) is 16.6 Å². The van der Waals surface area contributed by atoms with Crippen molar-refractivity contribution < 1.29 is 13.2 Å². The lowest BCUT2D eigenvalue weighted by atomic mass is 10.2. The van der Waals surface area contributed by atoms with Gasteiger partial charge < -0.3 is 4.90 Å². The van der Waals surface area contributed by atoms with Gasteiger partial charge in [-0.15, -0.1) is 12.4 Å². The standard InChI is InChI=1S/C25H25ClN4O3S2.ClH/c1-17-15-19(26)16-22-23(17)27-25(34-22)30(14-13-29(2)3)24(31)18-9-11-20(12-10-18)28-35(32,33)21-7-5-4-6-8-21;/h4-12,15-16,28H,13-14H2,1-3H3;1H. The van der Waals surface area contributed by atoms with Gasteiger partial charge >= 0.3 is 0 Å². The Balaban J connectivity index is 0.00000361. The van der Waals surface area contributed by atoms with Crippen LogP contribution in [0.5, 0.6) is 0 Å². The highest BCUT2D eigenvalue weighted by molar-refractivity contribution is 7.92. The average Bonchev–Trinajstić information content (AvgIpc) is 3.24. The van der Waals surface area contributed by atoms with Gasteiger partial charge in [0.05, 0.1) is 15.1 Å². The highest BCUT2D eigenvalue weighted by atomic mass is 35.5. The van der Waals surface area contributed by atoms with E-state index in [9.17, 15) is 13.2 Å². The number of hydrogen-bond donors (Lipinski definition) is 1. The maximum atomic E-state index is 13.5. The molecule has 0 radical (unpaired) electrons. The molecule has 36 heavy (non-hydrogen) atoms. The van der Waals surface area contributed by atoms with E-state index in [0.29, 0.717) is 34.5 Å². The fraction of sp³-hybridized carbons (Fsp3) is 0.200. The number of rotatable bonds is 8. The minimum atomic E-state index is -3.72. The summed E-state index contributed by atoms with van der Waals surface area (Å²) in [5, 5.41) is 1.22. The number of benzene rings is 3. The van der Waals surface area contributed by atoms with Crippen molar-refractivity contribution in [3.05, 3.63) is 82.9 Å². The molecule has 1 amide bonds. The molecule has 4 aromatic rings. The Kier molecular flexibility index (Phi) is 8.97. The van der Waals surface area contributed by atoms with Crippen molar-refractivity contribution in [2.75, 3.05) is 36.8 Å². The van der Waals surface area contributed by atoms with Crippen LogP contribution in [0.1, 0.15) is 15.9 Å². The molecule has 0 atom stereocenters. The van der Waals surface area contributed by atoms with Gasteiger partial charge in [0.25, 0.3) is 15.9 Å². The number of fused-ring (bicyclic) bond motifs is 1. The van der Waals surface area contributed by atoms with E-state index in [0.717, 1.165) is 15.8 Å². The first-order chi connectivity index (χ1) is 16.6. The fourth-order valence-electron chi connectivity index (χ4n) is 3.49. The van der Waals surface area contributed by atoms with Gasteiger partial charge in [0.2, 0.25) is 0 Å². The van der Waals surface area contributed by atoms with Crippen LogP contribution in [0.2, 0.25) is 5.02 Å². The first-order valence-electron chi connectivity index (χ1n) is 10.9. The minimum Gasteiger partial charge on any atom is -0.308 e. The highest BCUT2D eigenvalue weighted by Crippen LogP contribution is 2.33. The SMILES string of the molecule is Cc1cc(Cl)cc2sc(N(CCN(C)C)C(=O)c3ccc(NS(=O)(=O)c4ccccc4)cc3)nc12.Cl. The van der Waals surface area contributed by atoms with E-state index < -0.39 is 10.0 Å². The second-order valence-corrected chi connectivity index (χ2v) is 11.4. The van der Waals surface area contributed by atoms with Crippen LogP contribution < -0.4 is 9.62 Å². The molecular formula is C25H26Cl2N4O3S2. The van der Waals surface area contributed by atoms with Crippen molar-refractivity contribution in [3.8, 4) is 0 Å². The lowest BCUT2D eigenvalue weighted by molar-refractivity contribution is 0.0985. The van der Waals surface area contributed by atoms with E-state index in [1.807, 2.05) is 38.1 Å². The van der Waals surface area contributed by atoms with E-state index in [-0.39, 0.29) is 23.2 Å². The Morgan fingerprint density at radius 2 is 1.69 bits per heavy atom. The molecule has 1 heterocycles. The van der Waals surface area contributed by atoms with E-state index in [1.165, 1.54) is 23.5 Å². The molecule has 0 aliphatic rings. The van der Waals surface area contributed by atoms with Gasteiger partial charge in [-0.1, -0.05) is 41.1 Å². The third-order valence-electron chi connectivity index (χ3n) is 5.32. The van der Waals surface area contributed by atoms with Crippen molar-refractivity contribution in [2.24, 2.45) is 0 Å². The summed E-state index contributed by atoms with van der Waals surface area (Å²) in [7, 11) is 0.170. The lowest BCUT2D eigenvalue weighted by Crippen LogP contribution is -2.36. The molecule has 0 unspecified atom stereocenters. The number of aryl methyl sites for hydroxylation is 1. The third kappa shape index (κ3) is 6.35. The maximum Gasteiger partial charge on any atom is 0.261 e. The van der Waals surface area contributed by atoms with Gasteiger partial charge in [-0.25, -0.2) is 13.4 Å². The molecule has 0 aliphatic carbocycles.